The van der Waals surface area contributed by atoms with E-state index in [4.69, 9.17) is 4.74 Å². The normalized spacial score (nSPS) is 12.0. The average molecular weight is 399 g/mol. The van der Waals surface area contributed by atoms with Crippen LogP contribution in [0.25, 0.3) is 0 Å². The number of ether oxygens (including phenoxy) is 1. The molecule has 26 heavy (non-hydrogen) atoms. The third-order valence-electron chi connectivity index (χ3n) is 3.86. The van der Waals surface area contributed by atoms with Gasteiger partial charge in [-0.1, -0.05) is 18.2 Å². The zero-order valence-electron chi connectivity index (χ0n) is 14.8. The molecular formula is C17H22N2O5S2. The van der Waals surface area contributed by atoms with Crippen molar-refractivity contribution in [2.24, 2.45) is 0 Å². The highest BCUT2D eigenvalue weighted by Crippen LogP contribution is 2.21. The van der Waals surface area contributed by atoms with Crippen LogP contribution in [0.15, 0.2) is 53.4 Å². The Balaban J connectivity index is 2.06. The molecule has 2 aromatic rings. The van der Waals surface area contributed by atoms with Crippen LogP contribution in [0, 0.1) is 6.92 Å². The van der Waals surface area contributed by atoms with Crippen molar-refractivity contribution in [3.05, 3.63) is 54.1 Å². The van der Waals surface area contributed by atoms with Gasteiger partial charge in [-0.25, -0.2) is 21.6 Å². The van der Waals surface area contributed by atoms with Gasteiger partial charge >= 0.3 is 0 Å². The van der Waals surface area contributed by atoms with E-state index in [0.717, 1.165) is 4.31 Å². The molecule has 0 saturated heterocycles. The summed E-state index contributed by atoms with van der Waals surface area (Å²) in [7, 11) is -4.54. The lowest BCUT2D eigenvalue weighted by Gasteiger charge is -2.19. The number of hydrogen-bond acceptors (Lipinski definition) is 5. The third kappa shape index (κ3) is 4.75. The molecule has 0 aliphatic carbocycles. The summed E-state index contributed by atoms with van der Waals surface area (Å²) in [5.41, 5.74) is 1.03. The fourth-order valence-corrected chi connectivity index (χ4v) is 4.83. The Morgan fingerprint density at radius 2 is 1.69 bits per heavy atom. The monoisotopic (exact) mass is 398 g/mol. The topological polar surface area (TPSA) is 92.8 Å². The van der Waals surface area contributed by atoms with Crippen LogP contribution in [-0.4, -0.2) is 43.3 Å². The zero-order valence-corrected chi connectivity index (χ0v) is 16.5. The molecule has 0 saturated carbocycles. The first-order valence-electron chi connectivity index (χ1n) is 7.83. The Kier molecular flexibility index (Phi) is 6.27. The predicted molar refractivity (Wildman–Crippen MR) is 102 cm³/mol. The second kappa shape index (κ2) is 8.07. The van der Waals surface area contributed by atoms with Crippen molar-refractivity contribution in [2.75, 3.05) is 30.8 Å². The lowest BCUT2D eigenvalue weighted by atomic mass is 10.2. The van der Waals surface area contributed by atoms with Crippen molar-refractivity contribution in [2.45, 2.75) is 11.8 Å². The van der Waals surface area contributed by atoms with E-state index in [-0.39, 0.29) is 17.2 Å². The van der Waals surface area contributed by atoms with Gasteiger partial charge in [-0.2, -0.15) is 0 Å². The second-order valence-electron chi connectivity index (χ2n) is 5.65. The van der Waals surface area contributed by atoms with Gasteiger partial charge in [-0.3, -0.25) is 4.31 Å². The van der Waals surface area contributed by atoms with Gasteiger partial charge < -0.3 is 4.74 Å². The van der Waals surface area contributed by atoms with Gasteiger partial charge in [0.25, 0.3) is 0 Å². The van der Waals surface area contributed by atoms with Crippen LogP contribution in [0.3, 0.4) is 0 Å². The number of anilines is 1. The molecule has 0 radical (unpaired) electrons. The smallest absolute Gasteiger partial charge is 0.240 e. The number of nitrogens with zero attached hydrogens (tertiary/aromatic N) is 1. The van der Waals surface area contributed by atoms with E-state index in [9.17, 15) is 16.8 Å². The SMILES string of the molecule is COc1ccc(S(=O)(=O)NCCS(=O)(=O)N(C)c2ccccc2)c(C)c1. The van der Waals surface area contributed by atoms with Crippen LogP contribution in [0.5, 0.6) is 5.75 Å². The molecule has 0 amide bonds. The van der Waals surface area contributed by atoms with Crippen LogP contribution in [0.2, 0.25) is 0 Å². The highest BCUT2D eigenvalue weighted by Gasteiger charge is 2.21. The standard InChI is InChI=1S/C17H22N2O5S2/c1-14-13-16(24-3)9-10-17(14)26(22,23)18-11-12-25(20,21)19(2)15-7-5-4-6-8-15/h4-10,13,18H,11-12H2,1-3H3. The molecule has 0 heterocycles. The Morgan fingerprint density at radius 3 is 2.27 bits per heavy atom. The van der Waals surface area contributed by atoms with E-state index in [2.05, 4.69) is 4.72 Å². The molecule has 9 heteroatoms. The molecule has 0 aliphatic heterocycles. The number of aryl methyl sites for hydroxylation is 1. The maximum Gasteiger partial charge on any atom is 0.240 e. The minimum atomic E-state index is -3.82. The molecular weight excluding hydrogens is 376 g/mol. The number of sulfonamides is 2. The molecule has 0 aromatic heterocycles. The first-order valence-corrected chi connectivity index (χ1v) is 10.9. The van der Waals surface area contributed by atoms with E-state index in [0.29, 0.717) is 17.0 Å². The lowest BCUT2D eigenvalue weighted by molar-refractivity contribution is 0.414. The number of methoxy groups -OCH3 is 1. The minimum absolute atomic E-state index is 0.0899. The molecule has 1 N–H and O–H groups in total. The van der Waals surface area contributed by atoms with Crippen molar-refractivity contribution in [3.63, 3.8) is 0 Å². The second-order valence-corrected chi connectivity index (χ2v) is 9.50. The fourth-order valence-electron chi connectivity index (χ4n) is 2.37. The molecule has 0 bridgehead atoms. The maximum absolute atomic E-state index is 12.4. The zero-order chi connectivity index (χ0) is 19.4. The van der Waals surface area contributed by atoms with Crippen LogP contribution in [0.4, 0.5) is 5.69 Å². The summed E-state index contributed by atoms with van der Waals surface area (Å²) in [5.74, 6) is 0.195. The average Bonchev–Trinajstić information content (AvgIpc) is 2.61. The number of rotatable bonds is 8. The van der Waals surface area contributed by atoms with E-state index in [1.807, 2.05) is 0 Å². The van der Waals surface area contributed by atoms with Gasteiger partial charge in [0.05, 0.1) is 23.4 Å². The van der Waals surface area contributed by atoms with Crippen LogP contribution < -0.4 is 13.8 Å². The molecule has 7 nitrogen and oxygen atoms in total. The summed E-state index contributed by atoms with van der Waals surface area (Å²) >= 11 is 0. The molecule has 2 aromatic carbocycles. The largest absolute Gasteiger partial charge is 0.497 e. The molecule has 0 aliphatic rings. The molecule has 0 unspecified atom stereocenters. The maximum atomic E-state index is 12.4. The number of para-hydroxylation sites is 1. The highest BCUT2D eigenvalue weighted by molar-refractivity contribution is 7.93. The van der Waals surface area contributed by atoms with Crippen molar-refractivity contribution in [1.29, 1.82) is 0 Å². The Bertz CT molecular complexity index is 958. The van der Waals surface area contributed by atoms with Gasteiger partial charge in [-0.05, 0) is 42.8 Å². The first kappa shape index (κ1) is 20.2. The van der Waals surface area contributed by atoms with Crippen LogP contribution in [0.1, 0.15) is 5.56 Å². The van der Waals surface area contributed by atoms with E-state index >= 15 is 0 Å². The van der Waals surface area contributed by atoms with Gasteiger partial charge in [0, 0.05) is 13.6 Å². The molecule has 0 fully saturated rings. The van der Waals surface area contributed by atoms with Crippen molar-refractivity contribution in [3.8, 4) is 5.75 Å². The van der Waals surface area contributed by atoms with Crippen LogP contribution in [-0.2, 0) is 20.0 Å². The third-order valence-corrected chi connectivity index (χ3v) is 7.25. The minimum Gasteiger partial charge on any atom is -0.497 e. The predicted octanol–water partition coefficient (Wildman–Crippen LogP) is 1.75. The molecule has 0 atom stereocenters. The van der Waals surface area contributed by atoms with Crippen molar-refractivity contribution >= 4 is 25.7 Å². The lowest BCUT2D eigenvalue weighted by Crippen LogP contribution is -2.35. The summed E-state index contributed by atoms with van der Waals surface area (Å²) in [6.07, 6.45) is 0. The summed E-state index contributed by atoms with van der Waals surface area (Å²) in [4.78, 5) is 0.0899. The van der Waals surface area contributed by atoms with E-state index in [1.54, 1.807) is 49.4 Å². The Labute approximate surface area is 154 Å². The molecule has 142 valence electrons. The van der Waals surface area contributed by atoms with Crippen molar-refractivity contribution in [1.82, 2.24) is 4.72 Å². The van der Waals surface area contributed by atoms with Gasteiger partial charge in [-0.15, -0.1) is 0 Å². The Morgan fingerprint density at radius 1 is 1.04 bits per heavy atom. The number of benzene rings is 2. The fraction of sp³-hybridized carbons (Fsp3) is 0.294. The summed E-state index contributed by atoms with van der Waals surface area (Å²) in [6, 6.07) is 13.2. The quantitative estimate of drug-likeness (QED) is 0.731. The van der Waals surface area contributed by atoms with Crippen molar-refractivity contribution < 1.29 is 21.6 Å². The van der Waals surface area contributed by atoms with E-state index in [1.165, 1.54) is 20.2 Å². The Hall–Kier alpha value is -2.10. The number of hydrogen-bond donors (Lipinski definition) is 1. The highest BCUT2D eigenvalue weighted by atomic mass is 32.2. The summed E-state index contributed by atoms with van der Waals surface area (Å²) in [5, 5.41) is 0. The van der Waals surface area contributed by atoms with E-state index < -0.39 is 20.0 Å². The summed E-state index contributed by atoms with van der Waals surface area (Å²) in [6.45, 7) is 1.42. The number of nitrogens with one attached hydrogen (secondary N) is 1. The van der Waals surface area contributed by atoms with Gasteiger partial charge in [0.1, 0.15) is 5.75 Å². The van der Waals surface area contributed by atoms with Gasteiger partial charge in [0.15, 0.2) is 0 Å². The van der Waals surface area contributed by atoms with Crippen LogP contribution >= 0.6 is 0 Å². The first-order chi connectivity index (χ1) is 12.2. The summed E-state index contributed by atoms with van der Waals surface area (Å²) < 4.78 is 58.1. The molecule has 2 rings (SSSR count). The molecule has 0 spiro atoms. The van der Waals surface area contributed by atoms with Gasteiger partial charge in [0.2, 0.25) is 20.0 Å².